The number of rotatable bonds is 13. The molecule has 0 unspecified atom stereocenters. The SMILES string of the molecule is COCCOCCOCCOCC[C@@]1(C)CO[C@@]2(c3cccc(O)c3)OO[C@@]12C(C)(C)C. The molecule has 1 aromatic rings. The van der Waals surface area contributed by atoms with Crippen LogP contribution in [0, 0.1) is 10.8 Å². The lowest BCUT2D eigenvalue weighted by atomic mass is 9.56. The van der Waals surface area contributed by atoms with Gasteiger partial charge < -0.3 is 28.8 Å². The zero-order chi connectivity index (χ0) is 23.3. The minimum absolute atomic E-state index is 0.166. The van der Waals surface area contributed by atoms with Gasteiger partial charge in [-0.25, -0.2) is 4.89 Å². The van der Waals surface area contributed by atoms with Crippen molar-refractivity contribution in [2.24, 2.45) is 10.8 Å². The van der Waals surface area contributed by atoms with E-state index in [0.29, 0.717) is 52.9 Å². The van der Waals surface area contributed by atoms with Gasteiger partial charge in [-0.05, 0) is 18.6 Å². The lowest BCUT2D eigenvalue weighted by Crippen LogP contribution is -2.73. The number of aromatic hydroxyl groups is 1. The highest BCUT2D eigenvalue weighted by Gasteiger charge is 2.82. The molecule has 32 heavy (non-hydrogen) atoms. The second-order valence-corrected chi connectivity index (χ2v) is 9.69. The summed E-state index contributed by atoms with van der Waals surface area (Å²) >= 11 is 0. The van der Waals surface area contributed by atoms with Crippen molar-refractivity contribution in [3.8, 4) is 5.75 Å². The molecule has 1 aromatic carbocycles. The third-order valence-corrected chi connectivity index (χ3v) is 6.45. The van der Waals surface area contributed by atoms with Crippen molar-refractivity contribution < 1.29 is 38.6 Å². The van der Waals surface area contributed by atoms with E-state index >= 15 is 0 Å². The molecule has 0 spiro atoms. The Morgan fingerprint density at radius 2 is 1.56 bits per heavy atom. The predicted octanol–water partition coefficient (Wildman–Crippen LogP) is 3.41. The zero-order valence-electron chi connectivity index (χ0n) is 20.0. The Kier molecular flexibility index (Phi) is 8.20. The van der Waals surface area contributed by atoms with Crippen LogP contribution in [0.3, 0.4) is 0 Å². The number of phenols is 1. The molecule has 2 fully saturated rings. The molecule has 0 bridgehead atoms. The van der Waals surface area contributed by atoms with Crippen LogP contribution < -0.4 is 0 Å². The summed E-state index contributed by atoms with van der Waals surface area (Å²) in [5.41, 5.74) is -0.636. The fourth-order valence-corrected chi connectivity index (χ4v) is 4.99. The smallest absolute Gasteiger partial charge is 0.261 e. The third-order valence-electron chi connectivity index (χ3n) is 6.45. The first-order valence-electron chi connectivity index (χ1n) is 11.2. The zero-order valence-corrected chi connectivity index (χ0v) is 20.0. The van der Waals surface area contributed by atoms with E-state index in [4.69, 9.17) is 33.5 Å². The van der Waals surface area contributed by atoms with E-state index < -0.39 is 11.4 Å². The maximum Gasteiger partial charge on any atom is 0.261 e. The maximum atomic E-state index is 10.0. The highest BCUT2D eigenvalue weighted by Crippen LogP contribution is 2.70. The molecule has 8 heteroatoms. The summed E-state index contributed by atoms with van der Waals surface area (Å²) in [7, 11) is 1.65. The molecular formula is C24H38O8. The summed E-state index contributed by atoms with van der Waals surface area (Å²) in [6, 6.07) is 7.01. The molecule has 3 rings (SSSR count). The molecule has 2 heterocycles. The first-order valence-corrected chi connectivity index (χ1v) is 11.2. The van der Waals surface area contributed by atoms with Crippen molar-refractivity contribution >= 4 is 0 Å². The third kappa shape index (κ3) is 4.55. The molecular weight excluding hydrogens is 416 g/mol. The van der Waals surface area contributed by atoms with Gasteiger partial charge in [-0.1, -0.05) is 39.8 Å². The fraction of sp³-hybridized carbons (Fsp3) is 0.750. The van der Waals surface area contributed by atoms with Crippen LogP contribution in [0.15, 0.2) is 24.3 Å². The van der Waals surface area contributed by atoms with Crippen molar-refractivity contribution in [2.75, 3.05) is 60.0 Å². The molecule has 0 aromatic heterocycles. The normalized spacial score (nSPS) is 29.7. The first kappa shape index (κ1) is 25.4. The molecule has 182 valence electrons. The summed E-state index contributed by atoms with van der Waals surface area (Å²) in [5, 5.41) is 10.0. The average molecular weight is 455 g/mol. The fourth-order valence-electron chi connectivity index (χ4n) is 4.99. The number of phenolic OH excluding ortho intramolecular Hbond substituents is 1. The standard InChI is InChI=1S/C24H38O8/c1-21(2,3)24-22(4,9-10-27-13-14-29-16-15-28-12-11-26-5)18-30-23(24,31-32-24)19-7-6-8-20(25)17-19/h6-8,17,25H,9-16,18H2,1-5H3/t22-,23-,24-/m0/s1. The summed E-state index contributed by atoms with van der Waals surface area (Å²) in [4.78, 5) is 11.7. The van der Waals surface area contributed by atoms with Gasteiger partial charge in [0.1, 0.15) is 5.75 Å². The molecule has 2 aliphatic rings. The number of hydrogen-bond acceptors (Lipinski definition) is 8. The van der Waals surface area contributed by atoms with Crippen LogP contribution in [0.4, 0.5) is 0 Å². The summed E-state index contributed by atoms with van der Waals surface area (Å²) in [6.07, 6.45) is 0.730. The molecule has 3 atom stereocenters. The van der Waals surface area contributed by atoms with Gasteiger partial charge in [-0.15, -0.1) is 0 Å². The van der Waals surface area contributed by atoms with Crippen molar-refractivity contribution in [1.29, 1.82) is 0 Å². The van der Waals surface area contributed by atoms with Crippen molar-refractivity contribution in [2.45, 2.75) is 45.5 Å². The van der Waals surface area contributed by atoms with Gasteiger partial charge >= 0.3 is 0 Å². The van der Waals surface area contributed by atoms with Gasteiger partial charge in [-0.3, -0.25) is 0 Å². The Labute approximate surface area is 191 Å². The van der Waals surface area contributed by atoms with Gasteiger partial charge in [0.15, 0.2) is 5.60 Å². The number of methoxy groups -OCH3 is 1. The van der Waals surface area contributed by atoms with Gasteiger partial charge in [0.2, 0.25) is 0 Å². The summed E-state index contributed by atoms with van der Waals surface area (Å²) in [5.74, 6) is -0.898. The van der Waals surface area contributed by atoms with Crippen LogP contribution in [0.25, 0.3) is 0 Å². The number of ether oxygens (including phenoxy) is 5. The Balaban J connectivity index is 1.54. The van der Waals surface area contributed by atoms with E-state index in [9.17, 15) is 5.11 Å². The van der Waals surface area contributed by atoms with Crippen molar-refractivity contribution in [3.05, 3.63) is 29.8 Å². The van der Waals surface area contributed by atoms with Crippen LogP contribution in [-0.2, 0) is 39.2 Å². The largest absolute Gasteiger partial charge is 0.508 e. The van der Waals surface area contributed by atoms with E-state index in [0.717, 1.165) is 12.0 Å². The van der Waals surface area contributed by atoms with E-state index in [1.807, 2.05) is 6.07 Å². The van der Waals surface area contributed by atoms with E-state index in [1.165, 1.54) is 0 Å². The van der Waals surface area contributed by atoms with E-state index in [2.05, 4.69) is 27.7 Å². The predicted molar refractivity (Wildman–Crippen MR) is 117 cm³/mol. The topological polar surface area (TPSA) is 84.8 Å². The number of hydrogen-bond donors (Lipinski definition) is 1. The quantitative estimate of drug-likeness (QED) is 0.359. The lowest BCUT2D eigenvalue weighted by Gasteiger charge is -2.61. The maximum absolute atomic E-state index is 10.0. The summed E-state index contributed by atoms with van der Waals surface area (Å²) < 4.78 is 28.0. The molecule has 0 amide bonds. The van der Waals surface area contributed by atoms with Gasteiger partial charge in [0.25, 0.3) is 5.79 Å². The second-order valence-electron chi connectivity index (χ2n) is 9.69. The van der Waals surface area contributed by atoms with Gasteiger partial charge in [0, 0.05) is 30.1 Å². The molecule has 0 saturated carbocycles. The molecule has 8 nitrogen and oxygen atoms in total. The molecule has 2 aliphatic heterocycles. The summed E-state index contributed by atoms with van der Waals surface area (Å²) in [6.45, 7) is 12.8. The average Bonchev–Trinajstić information content (AvgIpc) is 2.89. The molecule has 0 aliphatic carbocycles. The highest BCUT2D eigenvalue weighted by atomic mass is 17.3. The van der Waals surface area contributed by atoms with Crippen LogP contribution >= 0.6 is 0 Å². The number of benzene rings is 1. The van der Waals surface area contributed by atoms with E-state index in [1.54, 1.807) is 25.3 Å². The molecule has 2 saturated heterocycles. The minimum atomic E-state index is -1.06. The van der Waals surface area contributed by atoms with Crippen molar-refractivity contribution in [3.63, 3.8) is 0 Å². The Morgan fingerprint density at radius 1 is 0.938 bits per heavy atom. The first-order chi connectivity index (χ1) is 15.2. The van der Waals surface area contributed by atoms with E-state index in [-0.39, 0.29) is 16.6 Å². The second kappa shape index (κ2) is 10.3. The van der Waals surface area contributed by atoms with Crippen LogP contribution in [0.2, 0.25) is 0 Å². The van der Waals surface area contributed by atoms with Gasteiger partial charge in [-0.2, -0.15) is 4.89 Å². The lowest BCUT2D eigenvalue weighted by molar-refractivity contribution is -0.627. The highest BCUT2D eigenvalue weighted by molar-refractivity contribution is 5.37. The molecule has 1 N–H and O–H groups in total. The number of fused-ring (bicyclic) bond motifs is 1. The van der Waals surface area contributed by atoms with Crippen LogP contribution in [-0.4, -0.2) is 70.7 Å². The van der Waals surface area contributed by atoms with Crippen LogP contribution in [0.5, 0.6) is 5.75 Å². The Bertz CT molecular complexity index is 735. The monoisotopic (exact) mass is 454 g/mol. The van der Waals surface area contributed by atoms with Crippen molar-refractivity contribution in [1.82, 2.24) is 0 Å². The van der Waals surface area contributed by atoms with Gasteiger partial charge in [0.05, 0.1) is 46.2 Å². The molecule has 0 radical (unpaired) electrons. The Hall–Kier alpha value is -1.26. The minimum Gasteiger partial charge on any atom is -0.508 e. The van der Waals surface area contributed by atoms with Crippen LogP contribution in [0.1, 0.15) is 39.7 Å². The Morgan fingerprint density at radius 3 is 2.09 bits per heavy atom.